The van der Waals surface area contributed by atoms with E-state index in [0.29, 0.717) is 37.0 Å². The van der Waals surface area contributed by atoms with E-state index >= 15 is 0 Å². The SMILES string of the molecule is O=[N+]([O-])c1cccc(-c2noc(CN3CCOC(c4cccc(Br)c4)C3)n2)c1. The van der Waals surface area contributed by atoms with Crippen molar-refractivity contribution in [2.75, 3.05) is 19.7 Å². The van der Waals surface area contributed by atoms with Crippen LogP contribution >= 0.6 is 15.9 Å². The van der Waals surface area contributed by atoms with Crippen LogP contribution in [0.25, 0.3) is 11.4 Å². The van der Waals surface area contributed by atoms with Crippen molar-refractivity contribution < 1.29 is 14.2 Å². The fourth-order valence-electron chi connectivity index (χ4n) is 3.14. The molecule has 0 amide bonds. The maximum Gasteiger partial charge on any atom is 0.270 e. The summed E-state index contributed by atoms with van der Waals surface area (Å²) >= 11 is 3.49. The van der Waals surface area contributed by atoms with Crippen molar-refractivity contribution in [3.63, 3.8) is 0 Å². The molecule has 0 bridgehead atoms. The molecule has 2 heterocycles. The molecule has 2 aromatic carbocycles. The van der Waals surface area contributed by atoms with E-state index in [0.717, 1.165) is 16.6 Å². The number of non-ortho nitro benzene ring substituents is 1. The summed E-state index contributed by atoms with van der Waals surface area (Å²) in [6.45, 7) is 2.59. The van der Waals surface area contributed by atoms with Gasteiger partial charge in [-0.3, -0.25) is 15.0 Å². The van der Waals surface area contributed by atoms with E-state index < -0.39 is 4.92 Å². The first kappa shape index (κ1) is 18.7. The van der Waals surface area contributed by atoms with E-state index in [1.54, 1.807) is 12.1 Å². The molecular weight excluding hydrogens is 428 g/mol. The topological polar surface area (TPSA) is 94.5 Å². The van der Waals surface area contributed by atoms with Gasteiger partial charge >= 0.3 is 0 Å². The van der Waals surface area contributed by atoms with Crippen LogP contribution in [0.3, 0.4) is 0 Å². The van der Waals surface area contributed by atoms with Gasteiger partial charge in [-0.25, -0.2) is 0 Å². The molecule has 1 unspecified atom stereocenters. The number of benzene rings is 2. The Balaban J connectivity index is 1.45. The number of nitro benzene ring substituents is 1. The van der Waals surface area contributed by atoms with Crippen LogP contribution in [0.2, 0.25) is 0 Å². The predicted molar refractivity (Wildman–Crippen MR) is 105 cm³/mol. The van der Waals surface area contributed by atoms with E-state index in [9.17, 15) is 10.1 Å². The molecule has 0 radical (unpaired) electrons. The maximum absolute atomic E-state index is 10.9. The zero-order valence-electron chi connectivity index (χ0n) is 14.8. The lowest BCUT2D eigenvalue weighted by Gasteiger charge is -2.32. The molecule has 1 atom stereocenters. The number of ether oxygens (including phenoxy) is 1. The molecule has 0 spiro atoms. The van der Waals surface area contributed by atoms with Crippen molar-refractivity contribution in [3.8, 4) is 11.4 Å². The van der Waals surface area contributed by atoms with Gasteiger partial charge in [0.05, 0.1) is 24.2 Å². The molecule has 0 saturated carbocycles. The van der Waals surface area contributed by atoms with Gasteiger partial charge < -0.3 is 9.26 Å². The molecule has 0 N–H and O–H groups in total. The lowest BCUT2D eigenvalue weighted by molar-refractivity contribution is -0.384. The van der Waals surface area contributed by atoms with Gasteiger partial charge in [-0.2, -0.15) is 4.98 Å². The van der Waals surface area contributed by atoms with Gasteiger partial charge in [0.1, 0.15) is 0 Å². The lowest BCUT2D eigenvalue weighted by atomic mass is 10.1. The zero-order chi connectivity index (χ0) is 19.5. The number of nitrogens with zero attached hydrogens (tertiary/aromatic N) is 4. The molecule has 28 heavy (non-hydrogen) atoms. The highest BCUT2D eigenvalue weighted by Crippen LogP contribution is 2.26. The summed E-state index contributed by atoms with van der Waals surface area (Å²) in [5.41, 5.74) is 1.66. The first-order chi connectivity index (χ1) is 13.6. The van der Waals surface area contributed by atoms with Crippen molar-refractivity contribution in [3.05, 3.63) is 74.6 Å². The average Bonchev–Trinajstić information content (AvgIpc) is 3.17. The summed E-state index contributed by atoms with van der Waals surface area (Å²) in [5.74, 6) is 0.812. The van der Waals surface area contributed by atoms with Crippen molar-refractivity contribution in [2.24, 2.45) is 0 Å². The van der Waals surface area contributed by atoms with Gasteiger partial charge in [-0.05, 0) is 17.7 Å². The molecule has 9 heteroatoms. The summed E-state index contributed by atoms with van der Waals surface area (Å²) in [4.78, 5) is 17.1. The number of nitro groups is 1. The van der Waals surface area contributed by atoms with Crippen LogP contribution in [0.4, 0.5) is 5.69 Å². The second kappa shape index (κ2) is 8.17. The number of rotatable bonds is 5. The first-order valence-corrected chi connectivity index (χ1v) is 9.54. The van der Waals surface area contributed by atoms with Crippen LogP contribution in [-0.4, -0.2) is 39.7 Å². The second-order valence-corrected chi connectivity index (χ2v) is 7.38. The van der Waals surface area contributed by atoms with Gasteiger partial charge in [0, 0.05) is 35.3 Å². The summed E-state index contributed by atoms with van der Waals surface area (Å²) in [7, 11) is 0. The van der Waals surface area contributed by atoms with Gasteiger partial charge in [0.15, 0.2) is 0 Å². The van der Waals surface area contributed by atoms with E-state index in [1.807, 2.05) is 18.2 Å². The monoisotopic (exact) mass is 444 g/mol. The largest absolute Gasteiger partial charge is 0.371 e. The summed E-state index contributed by atoms with van der Waals surface area (Å²) in [5, 5.41) is 14.9. The van der Waals surface area contributed by atoms with E-state index in [4.69, 9.17) is 9.26 Å². The number of aromatic nitrogens is 2. The number of hydrogen-bond donors (Lipinski definition) is 0. The molecule has 1 aliphatic heterocycles. The summed E-state index contributed by atoms with van der Waals surface area (Å²) in [6, 6.07) is 14.3. The molecule has 8 nitrogen and oxygen atoms in total. The quantitative estimate of drug-likeness (QED) is 0.433. The zero-order valence-corrected chi connectivity index (χ0v) is 16.4. The Morgan fingerprint density at radius 1 is 1.25 bits per heavy atom. The molecular formula is C19H17BrN4O4. The van der Waals surface area contributed by atoms with E-state index in [-0.39, 0.29) is 11.8 Å². The summed E-state index contributed by atoms with van der Waals surface area (Å²) < 4.78 is 12.3. The van der Waals surface area contributed by atoms with Gasteiger partial charge in [-0.1, -0.05) is 45.4 Å². The van der Waals surface area contributed by atoms with Crippen LogP contribution in [-0.2, 0) is 11.3 Å². The minimum absolute atomic E-state index is 0.00565. The Morgan fingerprint density at radius 2 is 2.11 bits per heavy atom. The van der Waals surface area contributed by atoms with Gasteiger partial charge in [0.25, 0.3) is 5.69 Å². The Morgan fingerprint density at radius 3 is 2.93 bits per heavy atom. The molecule has 0 aliphatic carbocycles. The van der Waals surface area contributed by atoms with Gasteiger partial charge in [-0.15, -0.1) is 0 Å². The third kappa shape index (κ3) is 4.27. The Hall–Kier alpha value is -2.62. The van der Waals surface area contributed by atoms with Crippen molar-refractivity contribution in [2.45, 2.75) is 12.6 Å². The van der Waals surface area contributed by atoms with E-state index in [2.05, 4.69) is 37.0 Å². The molecule has 1 aliphatic rings. The third-order valence-electron chi connectivity index (χ3n) is 4.51. The fourth-order valence-corrected chi connectivity index (χ4v) is 3.56. The molecule has 1 fully saturated rings. The normalized spacial score (nSPS) is 17.5. The standard InChI is InChI=1S/C19H17BrN4O4/c20-15-5-1-3-13(9-15)17-11-23(7-8-27-17)12-18-21-19(22-28-18)14-4-2-6-16(10-14)24(25)26/h1-6,9-10,17H,7-8,11-12H2. The van der Waals surface area contributed by atoms with Crippen LogP contribution in [0.1, 0.15) is 17.6 Å². The van der Waals surface area contributed by atoms with Crippen molar-refractivity contribution >= 4 is 21.6 Å². The molecule has 144 valence electrons. The second-order valence-electron chi connectivity index (χ2n) is 6.47. The molecule has 1 aromatic heterocycles. The minimum atomic E-state index is -0.444. The van der Waals surface area contributed by atoms with Crippen LogP contribution in [0, 0.1) is 10.1 Å². The van der Waals surface area contributed by atoms with Crippen LogP contribution < -0.4 is 0 Å². The highest BCUT2D eigenvalue weighted by molar-refractivity contribution is 9.10. The summed E-state index contributed by atoms with van der Waals surface area (Å²) in [6.07, 6.45) is -0.0228. The molecule has 4 rings (SSSR count). The minimum Gasteiger partial charge on any atom is -0.371 e. The van der Waals surface area contributed by atoms with Crippen LogP contribution in [0.5, 0.6) is 0 Å². The average molecular weight is 445 g/mol. The van der Waals surface area contributed by atoms with Crippen molar-refractivity contribution in [1.82, 2.24) is 15.0 Å². The number of halogens is 1. The fraction of sp³-hybridized carbons (Fsp3) is 0.263. The first-order valence-electron chi connectivity index (χ1n) is 8.75. The smallest absolute Gasteiger partial charge is 0.270 e. The Bertz CT molecular complexity index is 993. The maximum atomic E-state index is 10.9. The number of morpholine rings is 1. The lowest BCUT2D eigenvalue weighted by Crippen LogP contribution is -2.37. The van der Waals surface area contributed by atoms with Crippen molar-refractivity contribution in [1.29, 1.82) is 0 Å². The Kier molecular flexibility index (Phi) is 5.47. The predicted octanol–water partition coefficient (Wildman–Crippen LogP) is 3.98. The highest BCUT2D eigenvalue weighted by atomic mass is 79.9. The highest BCUT2D eigenvalue weighted by Gasteiger charge is 2.24. The third-order valence-corrected chi connectivity index (χ3v) is 5.01. The Labute approximate surface area is 169 Å². The van der Waals surface area contributed by atoms with Gasteiger partial charge in [0.2, 0.25) is 11.7 Å². The molecule has 1 saturated heterocycles. The van der Waals surface area contributed by atoms with Crippen LogP contribution in [0.15, 0.2) is 57.5 Å². The molecule has 3 aromatic rings. The number of hydrogen-bond acceptors (Lipinski definition) is 7. The van der Waals surface area contributed by atoms with E-state index in [1.165, 1.54) is 12.1 Å².